The summed E-state index contributed by atoms with van der Waals surface area (Å²) in [5.41, 5.74) is 2.75. The summed E-state index contributed by atoms with van der Waals surface area (Å²) in [4.78, 5) is 18.6. The zero-order valence-corrected chi connectivity index (χ0v) is 10.8. The van der Waals surface area contributed by atoms with Crippen LogP contribution in [0.15, 0.2) is 29.2 Å². The maximum atomic E-state index is 11.6. The fourth-order valence-electron chi connectivity index (χ4n) is 1.73. The van der Waals surface area contributed by atoms with Gasteiger partial charge in [0, 0.05) is 17.5 Å². The third kappa shape index (κ3) is 2.80. The van der Waals surface area contributed by atoms with Gasteiger partial charge in [0.05, 0.1) is 11.3 Å². The Labute approximate surface area is 110 Å². The van der Waals surface area contributed by atoms with Gasteiger partial charge in [-0.1, -0.05) is 6.92 Å². The van der Waals surface area contributed by atoms with Gasteiger partial charge in [0.1, 0.15) is 11.9 Å². The van der Waals surface area contributed by atoms with Crippen LogP contribution in [0.4, 0.5) is 11.5 Å². The highest BCUT2D eigenvalue weighted by molar-refractivity contribution is 5.59. The number of pyridine rings is 2. The minimum Gasteiger partial charge on any atom is -0.339 e. The van der Waals surface area contributed by atoms with Crippen LogP contribution in [0.1, 0.15) is 23.7 Å². The highest BCUT2D eigenvalue weighted by Gasteiger charge is 2.05. The molecule has 2 aromatic rings. The Kier molecular flexibility index (Phi) is 3.62. The van der Waals surface area contributed by atoms with Gasteiger partial charge in [-0.25, -0.2) is 4.98 Å². The fourth-order valence-corrected chi connectivity index (χ4v) is 1.73. The number of H-pyrrole nitrogens is 1. The molecule has 5 nitrogen and oxygen atoms in total. The number of hydrogen-bond acceptors (Lipinski definition) is 4. The predicted octanol–water partition coefficient (Wildman–Crippen LogP) is 2.26. The first-order chi connectivity index (χ1) is 9.13. The first-order valence-electron chi connectivity index (χ1n) is 6.00. The van der Waals surface area contributed by atoms with Gasteiger partial charge in [-0.05, 0) is 31.5 Å². The van der Waals surface area contributed by atoms with E-state index < -0.39 is 0 Å². The SMILES string of the molecule is CCc1cc(Nc2ccc(C#N)cn2)c(C)[nH]c1=O. The van der Waals surface area contributed by atoms with Crippen molar-refractivity contribution in [2.24, 2.45) is 0 Å². The number of aromatic amines is 1. The van der Waals surface area contributed by atoms with Crippen molar-refractivity contribution in [1.29, 1.82) is 5.26 Å². The lowest BCUT2D eigenvalue weighted by atomic mass is 10.2. The van der Waals surface area contributed by atoms with Crippen LogP contribution in [-0.2, 0) is 6.42 Å². The molecule has 0 unspecified atom stereocenters. The van der Waals surface area contributed by atoms with Crippen LogP contribution < -0.4 is 10.9 Å². The molecule has 0 atom stereocenters. The molecule has 96 valence electrons. The summed E-state index contributed by atoms with van der Waals surface area (Å²) < 4.78 is 0. The van der Waals surface area contributed by atoms with E-state index in [9.17, 15) is 4.79 Å². The molecule has 0 spiro atoms. The van der Waals surface area contributed by atoms with E-state index in [0.717, 1.165) is 16.9 Å². The number of nitriles is 1. The maximum absolute atomic E-state index is 11.6. The molecule has 0 saturated heterocycles. The Hall–Kier alpha value is -2.61. The predicted molar refractivity (Wildman–Crippen MR) is 73.4 cm³/mol. The van der Waals surface area contributed by atoms with Crippen molar-refractivity contribution in [2.75, 3.05) is 5.32 Å². The van der Waals surface area contributed by atoms with E-state index in [4.69, 9.17) is 5.26 Å². The normalized spacial score (nSPS) is 9.95. The molecule has 19 heavy (non-hydrogen) atoms. The van der Waals surface area contributed by atoms with E-state index in [1.807, 2.05) is 26.0 Å². The van der Waals surface area contributed by atoms with E-state index in [1.165, 1.54) is 6.20 Å². The van der Waals surface area contributed by atoms with Gasteiger partial charge in [0.2, 0.25) is 0 Å². The summed E-state index contributed by atoms with van der Waals surface area (Å²) in [6.07, 6.45) is 2.18. The molecule has 0 saturated carbocycles. The fraction of sp³-hybridized carbons (Fsp3) is 0.214. The summed E-state index contributed by atoms with van der Waals surface area (Å²) in [7, 11) is 0. The molecule has 2 rings (SSSR count). The molecule has 0 aromatic carbocycles. The Morgan fingerprint density at radius 3 is 2.84 bits per heavy atom. The van der Waals surface area contributed by atoms with Gasteiger partial charge in [-0.2, -0.15) is 5.26 Å². The summed E-state index contributed by atoms with van der Waals surface area (Å²) in [6.45, 7) is 3.76. The molecule has 2 aromatic heterocycles. The van der Waals surface area contributed by atoms with Crippen LogP contribution in [-0.4, -0.2) is 9.97 Å². The third-order valence-corrected chi connectivity index (χ3v) is 2.85. The Morgan fingerprint density at radius 1 is 1.47 bits per heavy atom. The number of hydrogen-bond donors (Lipinski definition) is 2. The van der Waals surface area contributed by atoms with E-state index in [-0.39, 0.29) is 5.56 Å². The topological polar surface area (TPSA) is 81.6 Å². The van der Waals surface area contributed by atoms with Crippen LogP contribution in [0, 0.1) is 18.3 Å². The number of aromatic nitrogens is 2. The number of nitrogens with zero attached hydrogens (tertiary/aromatic N) is 2. The molecule has 0 aliphatic rings. The molecular formula is C14H14N4O. The van der Waals surface area contributed by atoms with Crippen molar-refractivity contribution >= 4 is 11.5 Å². The largest absolute Gasteiger partial charge is 0.339 e. The molecule has 0 radical (unpaired) electrons. The average Bonchev–Trinajstić information content (AvgIpc) is 2.42. The minimum absolute atomic E-state index is 0.0571. The Balaban J connectivity index is 2.32. The lowest BCUT2D eigenvalue weighted by Crippen LogP contribution is -2.14. The molecule has 2 heterocycles. The first-order valence-corrected chi connectivity index (χ1v) is 6.00. The summed E-state index contributed by atoms with van der Waals surface area (Å²) >= 11 is 0. The van der Waals surface area contributed by atoms with Crippen LogP contribution in [0.3, 0.4) is 0 Å². The lowest BCUT2D eigenvalue weighted by molar-refractivity contribution is 1.03. The summed E-state index contributed by atoms with van der Waals surface area (Å²) in [5.74, 6) is 0.635. The monoisotopic (exact) mass is 254 g/mol. The molecule has 5 heteroatoms. The van der Waals surface area contributed by atoms with Gasteiger partial charge in [-0.3, -0.25) is 4.79 Å². The van der Waals surface area contributed by atoms with E-state index in [1.54, 1.807) is 12.1 Å². The van der Waals surface area contributed by atoms with Crippen molar-refractivity contribution in [2.45, 2.75) is 20.3 Å². The molecule has 0 aliphatic heterocycles. The minimum atomic E-state index is -0.0571. The standard InChI is InChI=1S/C14H14N4O/c1-3-11-6-12(9(2)17-14(11)19)18-13-5-4-10(7-15)8-16-13/h4-6,8H,3H2,1-2H3,(H,16,18)(H,17,19). The zero-order valence-electron chi connectivity index (χ0n) is 10.8. The number of aryl methyl sites for hydroxylation is 2. The average molecular weight is 254 g/mol. The van der Waals surface area contributed by atoms with Crippen LogP contribution in [0.2, 0.25) is 0 Å². The zero-order chi connectivity index (χ0) is 13.8. The summed E-state index contributed by atoms with van der Waals surface area (Å²) in [5, 5.41) is 11.8. The van der Waals surface area contributed by atoms with Gasteiger partial charge in [0.15, 0.2) is 0 Å². The quantitative estimate of drug-likeness (QED) is 0.880. The second-order valence-electron chi connectivity index (χ2n) is 4.18. The van der Waals surface area contributed by atoms with Crippen LogP contribution in [0.5, 0.6) is 0 Å². The van der Waals surface area contributed by atoms with Crippen molar-refractivity contribution in [3.63, 3.8) is 0 Å². The highest BCUT2D eigenvalue weighted by atomic mass is 16.1. The molecule has 0 aliphatic carbocycles. The van der Waals surface area contributed by atoms with Gasteiger partial charge >= 0.3 is 0 Å². The second-order valence-corrected chi connectivity index (χ2v) is 4.18. The van der Waals surface area contributed by atoms with Crippen molar-refractivity contribution in [3.05, 3.63) is 51.6 Å². The van der Waals surface area contributed by atoms with Crippen molar-refractivity contribution < 1.29 is 0 Å². The maximum Gasteiger partial charge on any atom is 0.251 e. The Morgan fingerprint density at radius 2 is 2.26 bits per heavy atom. The van der Waals surface area contributed by atoms with Crippen LogP contribution >= 0.6 is 0 Å². The van der Waals surface area contributed by atoms with E-state index in [2.05, 4.69) is 15.3 Å². The Bertz CT molecular complexity index is 680. The lowest BCUT2D eigenvalue weighted by Gasteiger charge is -2.10. The number of nitrogens with one attached hydrogen (secondary N) is 2. The van der Waals surface area contributed by atoms with Gasteiger partial charge < -0.3 is 10.3 Å². The molecule has 0 bridgehead atoms. The molecule has 2 N–H and O–H groups in total. The molecular weight excluding hydrogens is 240 g/mol. The smallest absolute Gasteiger partial charge is 0.251 e. The second kappa shape index (κ2) is 5.36. The highest BCUT2D eigenvalue weighted by Crippen LogP contribution is 2.17. The van der Waals surface area contributed by atoms with Crippen molar-refractivity contribution in [1.82, 2.24) is 9.97 Å². The molecule has 0 fully saturated rings. The molecule has 0 amide bonds. The van der Waals surface area contributed by atoms with Crippen molar-refractivity contribution in [3.8, 4) is 6.07 Å². The summed E-state index contributed by atoms with van der Waals surface area (Å²) in [6, 6.07) is 7.27. The first kappa shape index (κ1) is 12.8. The third-order valence-electron chi connectivity index (χ3n) is 2.85. The van der Waals surface area contributed by atoms with Crippen LogP contribution in [0.25, 0.3) is 0 Å². The van der Waals surface area contributed by atoms with Gasteiger partial charge in [-0.15, -0.1) is 0 Å². The van der Waals surface area contributed by atoms with E-state index in [0.29, 0.717) is 17.8 Å². The number of rotatable bonds is 3. The number of anilines is 2. The van der Waals surface area contributed by atoms with Gasteiger partial charge in [0.25, 0.3) is 5.56 Å². The van der Waals surface area contributed by atoms with E-state index >= 15 is 0 Å².